The van der Waals surface area contributed by atoms with Gasteiger partial charge < -0.3 is 9.80 Å². The lowest BCUT2D eigenvalue weighted by atomic mass is 10.2. The molecule has 1 heterocycles. The Morgan fingerprint density at radius 3 is 1.83 bits per heavy atom. The molecule has 1 fully saturated rings. The standard InChI is InChI=1S/C17H15Cl5N2/c1-11-2-4-14(5-3-11)23-6-7-24(16(23)17(20,21)22)15-9-12(18)8-13(19)10-15/h2-5,8-10,16H,6-7H2,1H3. The second-order valence-electron chi connectivity index (χ2n) is 5.77. The van der Waals surface area contributed by atoms with E-state index in [0.29, 0.717) is 16.6 Å². The monoisotopic (exact) mass is 422 g/mol. The highest BCUT2D eigenvalue weighted by Gasteiger charge is 2.45. The second-order valence-corrected chi connectivity index (χ2v) is 9.01. The summed E-state index contributed by atoms with van der Waals surface area (Å²) in [5.74, 6) is 0. The first-order chi connectivity index (χ1) is 11.3. The van der Waals surface area contributed by atoms with E-state index in [4.69, 9.17) is 58.0 Å². The van der Waals surface area contributed by atoms with E-state index >= 15 is 0 Å². The van der Waals surface area contributed by atoms with Crippen molar-refractivity contribution in [3.05, 3.63) is 58.1 Å². The summed E-state index contributed by atoms with van der Waals surface area (Å²) in [5, 5.41) is 1.10. The molecule has 1 unspecified atom stereocenters. The van der Waals surface area contributed by atoms with Gasteiger partial charge in [-0.3, -0.25) is 0 Å². The molecular formula is C17H15Cl5N2. The van der Waals surface area contributed by atoms with Gasteiger partial charge in [0.15, 0.2) is 6.17 Å². The van der Waals surface area contributed by atoms with Gasteiger partial charge in [-0.05, 0) is 37.3 Å². The normalized spacial score (nSPS) is 18.3. The number of anilines is 2. The van der Waals surface area contributed by atoms with Gasteiger partial charge in [0.2, 0.25) is 3.79 Å². The maximum absolute atomic E-state index is 6.32. The molecule has 2 aromatic rings. The summed E-state index contributed by atoms with van der Waals surface area (Å²) in [6.45, 7) is 3.47. The first-order valence-corrected chi connectivity index (χ1v) is 9.27. The number of benzene rings is 2. The zero-order valence-electron chi connectivity index (χ0n) is 12.8. The number of rotatable bonds is 2. The SMILES string of the molecule is Cc1ccc(N2CCN(c3cc(Cl)cc(Cl)c3)C2C(Cl)(Cl)Cl)cc1. The lowest BCUT2D eigenvalue weighted by Gasteiger charge is -2.37. The van der Waals surface area contributed by atoms with E-state index < -0.39 is 9.96 Å². The fraction of sp³-hybridized carbons (Fsp3) is 0.294. The third kappa shape index (κ3) is 3.84. The van der Waals surface area contributed by atoms with Gasteiger partial charge >= 0.3 is 0 Å². The van der Waals surface area contributed by atoms with Gasteiger partial charge in [-0.1, -0.05) is 75.7 Å². The van der Waals surface area contributed by atoms with Crippen LogP contribution in [0.5, 0.6) is 0 Å². The molecule has 0 spiro atoms. The zero-order valence-corrected chi connectivity index (χ0v) is 16.6. The van der Waals surface area contributed by atoms with Crippen LogP contribution in [0.15, 0.2) is 42.5 Å². The van der Waals surface area contributed by atoms with Crippen molar-refractivity contribution in [2.24, 2.45) is 0 Å². The summed E-state index contributed by atoms with van der Waals surface area (Å²) in [5.41, 5.74) is 3.02. The molecule has 0 aromatic heterocycles. The van der Waals surface area contributed by atoms with Crippen LogP contribution in [0.2, 0.25) is 10.0 Å². The molecule has 0 bridgehead atoms. The average molecular weight is 425 g/mol. The number of hydrogen-bond acceptors (Lipinski definition) is 2. The number of nitrogens with zero attached hydrogens (tertiary/aromatic N) is 2. The van der Waals surface area contributed by atoms with Gasteiger partial charge in [-0.25, -0.2) is 0 Å². The van der Waals surface area contributed by atoms with Crippen LogP contribution < -0.4 is 9.80 Å². The van der Waals surface area contributed by atoms with Crippen molar-refractivity contribution in [2.75, 3.05) is 22.9 Å². The van der Waals surface area contributed by atoms with Crippen molar-refractivity contribution in [1.29, 1.82) is 0 Å². The van der Waals surface area contributed by atoms with Crippen molar-refractivity contribution in [1.82, 2.24) is 0 Å². The highest BCUT2D eigenvalue weighted by Crippen LogP contribution is 2.42. The van der Waals surface area contributed by atoms with Gasteiger partial charge in [-0.2, -0.15) is 0 Å². The van der Waals surface area contributed by atoms with Crippen LogP contribution in [-0.2, 0) is 0 Å². The summed E-state index contributed by atoms with van der Waals surface area (Å²) in [4.78, 5) is 4.10. The van der Waals surface area contributed by atoms with Crippen molar-refractivity contribution < 1.29 is 0 Å². The van der Waals surface area contributed by atoms with E-state index in [2.05, 4.69) is 4.90 Å². The van der Waals surface area contributed by atoms with E-state index in [1.807, 2.05) is 48.2 Å². The smallest absolute Gasteiger partial charge is 0.228 e. The van der Waals surface area contributed by atoms with E-state index in [1.165, 1.54) is 5.56 Å². The van der Waals surface area contributed by atoms with E-state index in [1.54, 1.807) is 6.07 Å². The van der Waals surface area contributed by atoms with Crippen LogP contribution in [0.4, 0.5) is 11.4 Å². The van der Waals surface area contributed by atoms with Crippen molar-refractivity contribution >= 4 is 69.4 Å². The third-order valence-corrected chi connectivity index (χ3v) is 5.03. The van der Waals surface area contributed by atoms with Crippen molar-refractivity contribution in [3.63, 3.8) is 0 Å². The highest BCUT2D eigenvalue weighted by atomic mass is 35.6. The molecule has 0 aliphatic carbocycles. The van der Waals surface area contributed by atoms with E-state index in [-0.39, 0.29) is 0 Å². The topological polar surface area (TPSA) is 6.48 Å². The van der Waals surface area contributed by atoms with Crippen molar-refractivity contribution in [2.45, 2.75) is 16.9 Å². The Morgan fingerprint density at radius 1 is 0.833 bits per heavy atom. The zero-order chi connectivity index (χ0) is 17.5. The molecule has 1 aliphatic heterocycles. The van der Waals surface area contributed by atoms with E-state index in [0.717, 1.165) is 17.9 Å². The summed E-state index contributed by atoms with van der Waals surface area (Å²) in [7, 11) is 0. The van der Waals surface area contributed by atoms with Gasteiger partial charge in [0.25, 0.3) is 0 Å². The summed E-state index contributed by atoms with van der Waals surface area (Å²) in [6, 6.07) is 13.5. The molecule has 3 rings (SSSR count). The number of hydrogen-bond donors (Lipinski definition) is 0. The van der Waals surface area contributed by atoms with Crippen molar-refractivity contribution in [3.8, 4) is 0 Å². The van der Waals surface area contributed by atoms with Crippen LogP contribution >= 0.6 is 58.0 Å². The molecule has 0 saturated carbocycles. The maximum Gasteiger partial charge on any atom is 0.228 e. The predicted molar refractivity (Wildman–Crippen MR) is 106 cm³/mol. The Hall–Kier alpha value is -0.510. The van der Waals surface area contributed by atoms with Crippen LogP contribution in [0, 0.1) is 6.92 Å². The molecule has 2 aromatic carbocycles. The molecule has 1 aliphatic rings. The Labute approximate surface area is 166 Å². The molecule has 0 amide bonds. The molecule has 0 N–H and O–H groups in total. The summed E-state index contributed by atoms with van der Waals surface area (Å²) >= 11 is 31.2. The fourth-order valence-corrected chi connectivity index (χ4v) is 4.18. The lowest BCUT2D eigenvalue weighted by molar-refractivity contribution is 0.681. The Bertz CT molecular complexity index is 707. The first kappa shape index (κ1) is 18.3. The predicted octanol–water partition coefficient (Wildman–Crippen LogP) is 6.32. The quantitative estimate of drug-likeness (QED) is 0.520. The van der Waals surface area contributed by atoms with Crippen LogP contribution in [0.3, 0.4) is 0 Å². The largest absolute Gasteiger partial charge is 0.346 e. The molecule has 128 valence electrons. The molecule has 1 saturated heterocycles. The first-order valence-electron chi connectivity index (χ1n) is 7.38. The van der Waals surface area contributed by atoms with Gasteiger partial charge in [-0.15, -0.1) is 0 Å². The Morgan fingerprint density at radius 2 is 1.33 bits per heavy atom. The van der Waals surface area contributed by atoms with Crippen LogP contribution in [-0.4, -0.2) is 23.0 Å². The fourth-order valence-electron chi connectivity index (χ4n) is 2.96. The number of alkyl halides is 3. The van der Waals surface area contributed by atoms with Gasteiger partial charge in [0, 0.05) is 34.5 Å². The van der Waals surface area contributed by atoms with Gasteiger partial charge in [0.05, 0.1) is 0 Å². The Balaban J connectivity index is 2.00. The average Bonchev–Trinajstić information content (AvgIpc) is 2.92. The summed E-state index contributed by atoms with van der Waals surface area (Å²) < 4.78 is -1.50. The molecule has 7 heteroatoms. The third-order valence-electron chi connectivity index (χ3n) is 4.01. The van der Waals surface area contributed by atoms with Crippen LogP contribution in [0.1, 0.15) is 5.56 Å². The molecular weight excluding hydrogens is 409 g/mol. The maximum atomic E-state index is 6.32. The minimum Gasteiger partial charge on any atom is -0.346 e. The molecule has 24 heavy (non-hydrogen) atoms. The van der Waals surface area contributed by atoms with Gasteiger partial charge in [0.1, 0.15) is 0 Å². The minimum absolute atomic E-state index is 0.459. The summed E-state index contributed by atoms with van der Waals surface area (Å²) in [6.07, 6.45) is -0.459. The lowest BCUT2D eigenvalue weighted by Crippen LogP contribution is -2.48. The second kappa shape index (κ2) is 7.01. The molecule has 2 nitrogen and oxygen atoms in total. The number of aryl methyl sites for hydroxylation is 1. The molecule has 0 radical (unpaired) electrons. The highest BCUT2D eigenvalue weighted by molar-refractivity contribution is 6.68. The van der Waals surface area contributed by atoms with E-state index in [9.17, 15) is 0 Å². The number of halogens is 5. The Kier molecular flexibility index (Phi) is 5.34. The van der Waals surface area contributed by atoms with Crippen LogP contribution in [0.25, 0.3) is 0 Å². The minimum atomic E-state index is -1.50. The molecule has 1 atom stereocenters.